The third-order valence-corrected chi connectivity index (χ3v) is 5.83. The molecule has 1 aromatic carbocycles. The van der Waals surface area contributed by atoms with Crippen molar-refractivity contribution in [2.75, 3.05) is 23.9 Å². The van der Waals surface area contributed by atoms with E-state index in [0.717, 1.165) is 11.9 Å². The summed E-state index contributed by atoms with van der Waals surface area (Å²) < 4.78 is 14.5. The first kappa shape index (κ1) is 14.4. The summed E-state index contributed by atoms with van der Waals surface area (Å²) in [7, 11) is 0. The molecule has 1 aliphatic carbocycles. The summed E-state index contributed by atoms with van der Waals surface area (Å²) in [6.07, 6.45) is 8.69. The molecule has 112 valence electrons. The van der Waals surface area contributed by atoms with Gasteiger partial charge in [0.1, 0.15) is 0 Å². The monoisotopic (exact) mass is 305 g/mol. The first-order valence-electron chi connectivity index (χ1n) is 7.27. The van der Waals surface area contributed by atoms with Gasteiger partial charge in [0.05, 0.1) is 11.2 Å². The first-order chi connectivity index (χ1) is 10.2. The minimum Gasteiger partial charge on any atom is -0.398 e. The zero-order valence-corrected chi connectivity index (χ0v) is 13.0. The van der Waals surface area contributed by atoms with Crippen LogP contribution in [0.15, 0.2) is 24.4 Å². The minimum absolute atomic E-state index is 0.217. The van der Waals surface area contributed by atoms with E-state index in [-0.39, 0.29) is 10.6 Å². The Labute approximate surface area is 128 Å². The van der Waals surface area contributed by atoms with Crippen LogP contribution in [0.2, 0.25) is 0 Å². The van der Waals surface area contributed by atoms with Crippen molar-refractivity contribution in [2.24, 2.45) is 0 Å². The maximum absolute atomic E-state index is 14.3. The molecule has 3 N–H and O–H groups in total. The largest absolute Gasteiger partial charge is 0.398 e. The second kappa shape index (κ2) is 5.72. The highest BCUT2D eigenvalue weighted by molar-refractivity contribution is 8.00. The third-order valence-electron chi connectivity index (χ3n) is 4.41. The van der Waals surface area contributed by atoms with Crippen molar-refractivity contribution in [1.82, 2.24) is 4.98 Å². The van der Waals surface area contributed by atoms with Gasteiger partial charge in [-0.1, -0.05) is 12.8 Å². The van der Waals surface area contributed by atoms with Gasteiger partial charge in [-0.2, -0.15) is 11.8 Å². The number of aromatic nitrogens is 1. The second-order valence-electron chi connectivity index (χ2n) is 5.67. The standard InChI is InChI=1S/C16H20FN3S/c1-21-16(6-2-3-7-16)10-20-15-12(17)9-13(18)11-5-4-8-19-14(11)15/h4-5,8-9,20H,2-3,6-7,10,18H2,1H3. The highest BCUT2D eigenvalue weighted by Crippen LogP contribution is 2.41. The lowest BCUT2D eigenvalue weighted by Crippen LogP contribution is -2.30. The maximum atomic E-state index is 14.3. The van der Waals surface area contributed by atoms with Gasteiger partial charge in [-0.05, 0) is 37.3 Å². The van der Waals surface area contributed by atoms with E-state index in [4.69, 9.17) is 5.73 Å². The molecule has 3 nitrogen and oxygen atoms in total. The van der Waals surface area contributed by atoms with Crippen LogP contribution in [0, 0.1) is 5.82 Å². The Hall–Kier alpha value is -1.49. The summed E-state index contributed by atoms with van der Waals surface area (Å²) >= 11 is 1.88. The smallest absolute Gasteiger partial charge is 0.150 e. The van der Waals surface area contributed by atoms with Crippen LogP contribution in [-0.4, -0.2) is 22.5 Å². The molecule has 0 aliphatic heterocycles. The van der Waals surface area contributed by atoms with Gasteiger partial charge in [0, 0.05) is 28.6 Å². The van der Waals surface area contributed by atoms with Crippen molar-refractivity contribution >= 4 is 34.0 Å². The Morgan fingerprint density at radius 2 is 2.19 bits per heavy atom. The summed E-state index contributed by atoms with van der Waals surface area (Å²) in [6, 6.07) is 5.08. The van der Waals surface area contributed by atoms with Gasteiger partial charge in [-0.15, -0.1) is 0 Å². The van der Waals surface area contributed by atoms with E-state index >= 15 is 0 Å². The number of benzene rings is 1. The van der Waals surface area contributed by atoms with E-state index in [9.17, 15) is 4.39 Å². The Bertz CT molecular complexity index is 653. The fourth-order valence-corrected chi connectivity index (χ4v) is 4.04. The van der Waals surface area contributed by atoms with Gasteiger partial charge in [0.2, 0.25) is 0 Å². The number of nitrogens with two attached hydrogens (primary N) is 1. The maximum Gasteiger partial charge on any atom is 0.150 e. The fraction of sp³-hybridized carbons (Fsp3) is 0.438. The van der Waals surface area contributed by atoms with Crippen molar-refractivity contribution in [3.63, 3.8) is 0 Å². The van der Waals surface area contributed by atoms with Gasteiger partial charge in [-0.25, -0.2) is 4.39 Å². The molecule has 0 amide bonds. The number of hydrogen-bond donors (Lipinski definition) is 2. The lowest BCUT2D eigenvalue weighted by atomic mass is 10.1. The van der Waals surface area contributed by atoms with E-state index in [1.165, 1.54) is 31.7 Å². The summed E-state index contributed by atoms with van der Waals surface area (Å²) in [5.41, 5.74) is 7.40. The molecular weight excluding hydrogens is 285 g/mol. The molecule has 0 spiro atoms. The zero-order valence-electron chi connectivity index (χ0n) is 12.2. The molecule has 0 atom stereocenters. The number of hydrogen-bond acceptors (Lipinski definition) is 4. The Morgan fingerprint density at radius 1 is 1.43 bits per heavy atom. The van der Waals surface area contributed by atoms with Crippen LogP contribution >= 0.6 is 11.8 Å². The van der Waals surface area contributed by atoms with Crippen LogP contribution in [0.5, 0.6) is 0 Å². The molecule has 2 aromatic rings. The number of rotatable bonds is 4. The molecule has 21 heavy (non-hydrogen) atoms. The minimum atomic E-state index is -0.326. The molecule has 1 aromatic heterocycles. The first-order valence-corrected chi connectivity index (χ1v) is 8.49. The van der Waals surface area contributed by atoms with Gasteiger partial charge in [0.15, 0.2) is 5.82 Å². The van der Waals surface area contributed by atoms with Crippen LogP contribution in [0.1, 0.15) is 25.7 Å². The summed E-state index contributed by atoms with van der Waals surface area (Å²) in [5.74, 6) is -0.326. The summed E-state index contributed by atoms with van der Waals surface area (Å²) in [4.78, 5) is 4.31. The SMILES string of the molecule is CSC1(CNc2c(F)cc(N)c3cccnc23)CCCC1. The van der Waals surface area contributed by atoms with Crippen molar-refractivity contribution in [3.05, 3.63) is 30.2 Å². The molecule has 3 rings (SSSR count). The summed E-state index contributed by atoms with van der Waals surface area (Å²) in [5, 5.41) is 4.10. The topological polar surface area (TPSA) is 50.9 Å². The van der Waals surface area contributed by atoms with Gasteiger partial charge >= 0.3 is 0 Å². The molecule has 1 fully saturated rings. The van der Waals surface area contributed by atoms with Crippen molar-refractivity contribution < 1.29 is 4.39 Å². The molecule has 0 saturated heterocycles. The molecular formula is C16H20FN3S. The average Bonchev–Trinajstić information content (AvgIpc) is 2.96. The molecule has 1 aliphatic rings. The summed E-state index contributed by atoms with van der Waals surface area (Å²) in [6.45, 7) is 0.765. The van der Waals surface area contributed by atoms with E-state index in [1.54, 1.807) is 6.20 Å². The molecule has 0 radical (unpaired) electrons. The fourth-order valence-electron chi connectivity index (χ4n) is 3.13. The number of pyridine rings is 1. The highest BCUT2D eigenvalue weighted by atomic mass is 32.2. The Morgan fingerprint density at radius 3 is 2.90 bits per heavy atom. The predicted molar refractivity (Wildman–Crippen MR) is 89.3 cm³/mol. The number of halogens is 1. The van der Waals surface area contributed by atoms with Crippen LogP contribution in [0.4, 0.5) is 15.8 Å². The number of nitrogens with zero attached hydrogens (tertiary/aromatic N) is 1. The second-order valence-corrected chi connectivity index (χ2v) is 6.94. The van der Waals surface area contributed by atoms with Gasteiger partial charge in [0.25, 0.3) is 0 Å². The van der Waals surface area contributed by atoms with Crippen LogP contribution in [0.3, 0.4) is 0 Å². The highest BCUT2D eigenvalue weighted by Gasteiger charge is 2.33. The van der Waals surface area contributed by atoms with Gasteiger partial charge < -0.3 is 11.1 Å². The molecule has 1 saturated carbocycles. The number of nitrogens with one attached hydrogen (secondary N) is 1. The van der Waals surface area contributed by atoms with Crippen molar-refractivity contribution in [1.29, 1.82) is 0 Å². The molecule has 1 heterocycles. The van der Waals surface area contributed by atoms with Gasteiger partial charge in [-0.3, -0.25) is 4.98 Å². The van der Waals surface area contributed by atoms with E-state index in [2.05, 4.69) is 16.6 Å². The van der Waals surface area contributed by atoms with Crippen LogP contribution in [-0.2, 0) is 0 Å². The predicted octanol–water partition coefficient (Wildman–Crippen LogP) is 4.04. The molecule has 0 bridgehead atoms. The number of thioether (sulfide) groups is 1. The van der Waals surface area contributed by atoms with E-state index in [0.29, 0.717) is 16.9 Å². The van der Waals surface area contributed by atoms with Crippen molar-refractivity contribution in [3.8, 4) is 0 Å². The van der Waals surface area contributed by atoms with E-state index < -0.39 is 0 Å². The lowest BCUT2D eigenvalue weighted by Gasteiger charge is -2.27. The lowest BCUT2D eigenvalue weighted by molar-refractivity contribution is 0.617. The quantitative estimate of drug-likeness (QED) is 0.837. The molecule has 5 heteroatoms. The number of fused-ring (bicyclic) bond motifs is 1. The van der Waals surface area contributed by atoms with E-state index in [1.807, 2.05) is 23.9 Å². The number of anilines is 2. The third kappa shape index (κ3) is 2.67. The zero-order chi connectivity index (χ0) is 14.9. The van der Waals surface area contributed by atoms with Crippen LogP contribution < -0.4 is 11.1 Å². The Balaban J connectivity index is 1.93. The van der Waals surface area contributed by atoms with Crippen molar-refractivity contribution in [2.45, 2.75) is 30.4 Å². The number of nitrogen functional groups attached to an aromatic ring is 1. The normalized spacial score (nSPS) is 17.2. The average molecular weight is 305 g/mol. The Kier molecular flexibility index (Phi) is 3.93. The van der Waals surface area contributed by atoms with Crippen LogP contribution in [0.25, 0.3) is 10.9 Å². The molecule has 0 unspecified atom stereocenters.